The first-order valence-corrected chi connectivity index (χ1v) is 5.54. The number of halogens is 2. The van der Waals surface area contributed by atoms with Crippen LogP contribution in [0.25, 0.3) is 17.2 Å². The van der Waals surface area contributed by atoms with E-state index in [9.17, 15) is 13.6 Å². The quantitative estimate of drug-likeness (QED) is 0.854. The van der Waals surface area contributed by atoms with Gasteiger partial charge in [-0.1, -0.05) is 30.3 Å². The maximum absolute atomic E-state index is 13.9. The first kappa shape index (κ1) is 13.0. The van der Waals surface area contributed by atoms with E-state index < -0.39 is 17.6 Å². The van der Waals surface area contributed by atoms with Crippen LogP contribution in [0.15, 0.2) is 48.5 Å². The Balaban J connectivity index is 2.62. The lowest BCUT2D eigenvalue weighted by molar-refractivity contribution is -0.131. The van der Waals surface area contributed by atoms with E-state index in [0.717, 1.165) is 6.08 Å². The van der Waals surface area contributed by atoms with Crippen molar-refractivity contribution in [3.05, 3.63) is 65.7 Å². The SMILES string of the molecule is O=C(O)C=Cc1cccc(F)c1-c1ccccc1F. The summed E-state index contributed by atoms with van der Waals surface area (Å²) in [7, 11) is 0. The maximum Gasteiger partial charge on any atom is 0.328 e. The van der Waals surface area contributed by atoms with Crippen LogP contribution in [0.4, 0.5) is 8.78 Å². The van der Waals surface area contributed by atoms with Gasteiger partial charge in [0, 0.05) is 17.2 Å². The van der Waals surface area contributed by atoms with Crippen LogP contribution in [-0.2, 0) is 4.79 Å². The molecule has 0 spiro atoms. The fourth-order valence-electron chi connectivity index (χ4n) is 1.79. The van der Waals surface area contributed by atoms with Gasteiger partial charge in [-0.25, -0.2) is 13.6 Å². The first-order valence-electron chi connectivity index (χ1n) is 5.54. The molecule has 0 atom stereocenters. The van der Waals surface area contributed by atoms with Crippen molar-refractivity contribution < 1.29 is 18.7 Å². The van der Waals surface area contributed by atoms with Crippen LogP contribution in [0.5, 0.6) is 0 Å². The second-order valence-electron chi connectivity index (χ2n) is 3.86. The lowest BCUT2D eigenvalue weighted by Gasteiger charge is -2.08. The predicted octanol–water partition coefficient (Wildman–Crippen LogP) is 3.73. The standard InChI is InChI=1S/C15H10F2O2/c16-12-6-2-1-5-11(12)15-10(8-9-14(18)19)4-3-7-13(15)17/h1-9H,(H,18,19). The number of hydrogen-bond acceptors (Lipinski definition) is 1. The molecule has 96 valence electrons. The molecule has 0 aliphatic rings. The Morgan fingerprint density at radius 1 is 1.00 bits per heavy atom. The fraction of sp³-hybridized carbons (Fsp3) is 0. The van der Waals surface area contributed by atoms with Gasteiger partial charge in [-0.05, 0) is 23.8 Å². The third kappa shape index (κ3) is 2.85. The molecule has 2 aromatic rings. The molecule has 4 heteroatoms. The molecule has 0 amide bonds. The highest BCUT2D eigenvalue weighted by Crippen LogP contribution is 2.29. The van der Waals surface area contributed by atoms with Gasteiger partial charge in [-0.2, -0.15) is 0 Å². The molecular formula is C15H10F2O2. The van der Waals surface area contributed by atoms with Gasteiger partial charge in [0.1, 0.15) is 11.6 Å². The molecule has 0 aromatic heterocycles. The molecular weight excluding hydrogens is 250 g/mol. The zero-order chi connectivity index (χ0) is 13.8. The fourth-order valence-corrected chi connectivity index (χ4v) is 1.79. The van der Waals surface area contributed by atoms with Gasteiger partial charge in [0.05, 0.1) is 0 Å². The van der Waals surface area contributed by atoms with Crippen LogP contribution in [0.1, 0.15) is 5.56 Å². The average Bonchev–Trinajstić information content (AvgIpc) is 2.37. The summed E-state index contributed by atoms with van der Waals surface area (Å²) in [5.74, 6) is -2.31. The number of benzene rings is 2. The normalized spacial score (nSPS) is 10.8. The minimum absolute atomic E-state index is 0.0538. The summed E-state index contributed by atoms with van der Waals surface area (Å²) in [6, 6.07) is 9.96. The van der Waals surface area contributed by atoms with E-state index in [1.807, 2.05) is 0 Å². The third-order valence-corrected chi connectivity index (χ3v) is 2.59. The molecule has 0 aliphatic heterocycles. The molecule has 0 radical (unpaired) electrons. The zero-order valence-electron chi connectivity index (χ0n) is 9.81. The van der Waals surface area contributed by atoms with E-state index in [1.165, 1.54) is 42.5 Å². The van der Waals surface area contributed by atoms with Gasteiger partial charge < -0.3 is 5.11 Å². The number of rotatable bonds is 3. The van der Waals surface area contributed by atoms with E-state index in [0.29, 0.717) is 5.56 Å². The molecule has 0 aliphatic carbocycles. The zero-order valence-corrected chi connectivity index (χ0v) is 9.81. The highest BCUT2D eigenvalue weighted by atomic mass is 19.1. The van der Waals surface area contributed by atoms with Gasteiger partial charge in [0.15, 0.2) is 0 Å². The van der Waals surface area contributed by atoms with E-state index in [4.69, 9.17) is 5.11 Å². The van der Waals surface area contributed by atoms with Crippen molar-refractivity contribution in [1.29, 1.82) is 0 Å². The highest BCUT2D eigenvalue weighted by Gasteiger charge is 2.12. The highest BCUT2D eigenvalue weighted by molar-refractivity contribution is 5.88. The predicted molar refractivity (Wildman–Crippen MR) is 68.5 cm³/mol. The summed E-state index contributed by atoms with van der Waals surface area (Å²) in [6.45, 7) is 0. The molecule has 2 rings (SSSR count). The van der Waals surface area contributed by atoms with Crippen molar-refractivity contribution in [3.63, 3.8) is 0 Å². The second kappa shape index (κ2) is 5.44. The van der Waals surface area contributed by atoms with Crippen LogP contribution in [-0.4, -0.2) is 11.1 Å². The minimum atomic E-state index is -1.15. The summed E-state index contributed by atoms with van der Waals surface area (Å²) >= 11 is 0. The van der Waals surface area contributed by atoms with Crippen LogP contribution in [0.3, 0.4) is 0 Å². The number of carboxylic acid groups (broad SMARTS) is 1. The molecule has 19 heavy (non-hydrogen) atoms. The Morgan fingerprint density at radius 3 is 2.37 bits per heavy atom. The molecule has 0 fully saturated rings. The van der Waals surface area contributed by atoms with E-state index in [1.54, 1.807) is 6.07 Å². The van der Waals surface area contributed by atoms with Crippen LogP contribution in [0.2, 0.25) is 0 Å². The smallest absolute Gasteiger partial charge is 0.328 e. The first-order chi connectivity index (χ1) is 9.09. The van der Waals surface area contributed by atoms with Crippen LogP contribution >= 0.6 is 0 Å². The molecule has 2 aromatic carbocycles. The molecule has 0 saturated carbocycles. The minimum Gasteiger partial charge on any atom is -0.478 e. The Bertz CT molecular complexity index is 648. The monoisotopic (exact) mass is 260 g/mol. The van der Waals surface area contributed by atoms with Crippen molar-refractivity contribution in [2.75, 3.05) is 0 Å². The Morgan fingerprint density at radius 2 is 1.68 bits per heavy atom. The van der Waals surface area contributed by atoms with Crippen molar-refractivity contribution in [3.8, 4) is 11.1 Å². The molecule has 1 N–H and O–H groups in total. The topological polar surface area (TPSA) is 37.3 Å². The summed E-state index contributed by atoms with van der Waals surface area (Å²) in [5, 5.41) is 8.61. The average molecular weight is 260 g/mol. The molecule has 2 nitrogen and oxygen atoms in total. The van der Waals surface area contributed by atoms with Crippen molar-refractivity contribution >= 4 is 12.0 Å². The largest absolute Gasteiger partial charge is 0.478 e. The Labute approximate surface area is 108 Å². The molecule has 0 heterocycles. The van der Waals surface area contributed by atoms with Crippen molar-refractivity contribution in [2.24, 2.45) is 0 Å². The third-order valence-electron chi connectivity index (χ3n) is 2.59. The summed E-state index contributed by atoms with van der Waals surface area (Å²) in [4.78, 5) is 10.5. The lowest BCUT2D eigenvalue weighted by Crippen LogP contribution is -1.93. The maximum atomic E-state index is 13.9. The Kier molecular flexibility index (Phi) is 3.71. The number of aliphatic carboxylic acids is 1. The summed E-state index contributed by atoms with van der Waals surface area (Å²) < 4.78 is 27.6. The number of carbonyl (C=O) groups is 1. The van der Waals surface area contributed by atoms with Crippen molar-refractivity contribution in [1.82, 2.24) is 0 Å². The molecule has 0 unspecified atom stereocenters. The van der Waals surface area contributed by atoms with E-state index in [2.05, 4.69) is 0 Å². The van der Waals surface area contributed by atoms with E-state index >= 15 is 0 Å². The second-order valence-corrected chi connectivity index (χ2v) is 3.86. The van der Waals surface area contributed by atoms with Gasteiger partial charge in [-0.15, -0.1) is 0 Å². The van der Waals surface area contributed by atoms with Gasteiger partial charge >= 0.3 is 5.97 Å². The van der Waals surface area contributed by atoms with Gasteiger partial charge in [0.25, 0.3) is 0 Å². The Hall–Kier alpha value is -2.49. The summed E-state index contributed by atoms with van der Waals surface area (Å²) in [5.41, 5.74) is 0.469. The van der Waals surface area contributed by atoms with Crippen LogP contribution < -0.4 is 0 Å². The van der Waals surface area contributed by atoms with E-state index in [-0.39, 0.29) is 11.1 Å². The van der Waals surface area contributed by atoms with Crippen molar-refractivity contribution in [2.45, 2.75) is 0 Å². The van der Waals surface area contributed by atoms with Gasteiger partial charge in [0.2, 0.25) is 0 Å². The van der Waals surface area contributed by atoms with Crippen LogP contribution in [0, 0.1) is 11.6 Å². The van der Waals surface area contributed by atoms with Gasteiger partial charge in [-0.3, -0.25) is 0 Å². The molecule has 0 saturated heterocycles. The molecule has 0 bridgehead atoms. The number of carboxylic acids is 1. The lowest BCUT2D eigenvalue weighted by atomic mass is 9.98. The summed E-state index contributed by atoms with van der Waals surface area (Å²) in [6.07, 6.45) is 2.13. The number of hydrogen-bond donors (Lipinski definition) is 1.